The van der Waals surface area contributed by atoms with Crippen LogP contribution in [-0.2, 0) is 11.3 Å². The quantitative estimate of drug-likeness (QED) is 0.486. The van der Waals surface area contributed by atoms with Crippen LogP contribution < -0.4 is 5.73 Å². The highest BCUT2D eigenvalue weighted by molar-refractivity contribution is 14.0. The van der Waals surface area contributed by atoms with Crippen LogP contribution in [0.3, 0.4) is 0 Å². The Morgan fingerprint density at radius 2 is 2.44 bits per heavy atom. The Morgan fingerprint density at radius 3 is 3.06 bits per heavy atom. The first-order valence-corrected chi connectivity index (χ1v) is 6.74. The molecular formula is C12H20IN3OS. The van der Waals surface area contributed by atoms with E-state index in [-0.39, 0.29) is 30.1 Å². The van der Waals surface area contributed by atoms with Crippen molar-refractivity contribution in [3.8, 4) is 0 Å². The SMILES string of the molecule is Cc1ccsc1CN=C(N)N1CCOC(C)C1.I. The summed E-state index contributed by atoms with van der Waals surface area (Å²) < 4.78 is 5.48. The maximum Gasteiger partial charge on any atom is 0.191 e. The maximum absolute atomic E-state index is 6.00. The van der Waals surface area contributed by atoms with E-state index in [2.05, 4.69) is 35.2 Å². The molecule has 1 unspecified atom stereocenters. The van der Waals surface area contributed by atoms with Gasteiger partial charge in [0.2, 0.25) is 0 Å². The van der Waals surface area contributed by atoms with Crippen molar-refractivity contribution in [2.75, 3.05) is 19.7 Å². The number of morpholine rings is 1. The second-order valence-corrected chi connectivity index (χ2v) is 5.33. The van der Waals surface area contributed by atoms with Crippen molar-refractivity contribution in [1.82, 2.24) is 4.90 Å². The zero-order valence-electron chi connectivity index (χ0n) is 10.8. The van der Waals surface area contributed by atoms with Gasteiger partial charge in [0, 0.05) is 18.0 Å². The number of nitrogens with two attached hydrogens (primary N) is 1. The highest BCUT2D eigenvalue weighted by atomic mass is 127. The molecule has 1 fully saturated rings. The van der Waals surface area contributed by atoms with E-state index in [1.54, 1.807) is 11.3 Å². The highest BCUT2D eigenvalue weighted by Crippen LogP contribution is 2.16. The van der Waals surface area contributed by atoms with Crippen molar-refractivity contribution in [3.05, 3.63) is 21.9 Å². The van der Waals surface area contributed by atoms with Gasteiger partial charge >= 0.3 is 0 Å². The number of halogens is 1. The molecule has 4 nitrogen and oxygen atoms in total. The second-order valence-electron chi connectivity index (χ2n) is 4.33. The summed E-state index contributed by atoms with van der Waals surface area (Å²) in [5.74, 6) is 0.632. The fourth-order valence-corrected chi connectivity index (χ4v) is 2.67. The summed E-state index contributed by atoms with van der Waals surface area (Å²) >= 11 is 1.73. The minimum Gasteiger partial charge on any atom is -0.375 e. The maximum atomic E-state index is 6.00. The van der Waals surface area contributed by atoms with Crippen LogP contribution in [0.2, 0.25) is 0 Å². The molecule has 18 heavy (non-hydrogen) atoms. The van der Waals surface area contributed by atoms with Crippen LogP contribution in [0.1, 0.15) is 17.4 Å². The van der Waals surface area contributed by atoms with Crippen molar-refractivity contribution >= 4 is 41.3 Å². The van der Waals surface area contributed by atoms with Crippen LogP contribution >= 0.6 is 35.3 Å². The third-order valence-electron chi connectivity index (χ3n) is 2.92. The molecule has 0 spiro atoms. The number of nitrogens with zero attached hydrogens (tertiary/aromatic N) is 2. The van der Waals surface area contributed by atoms with Gasteiger partial charge in [0.05, 0.1) is 19.3 Å². The van der Waals surface area contributed by atoms with Crippen LogP contribution in [0, 0.1) is 6.92 Å². The lowest BCUT2D eigenvalue weighted by Gasteiger charge is -2.31. The molecule has 2 heterocycles. The third kappa shape index (κ3) is 4.10. The normalized spacial score (nSPS) is 20.7. The van der Waals surface area contributed by atoms with Crippen molar-refractivity contribution in [1.29, 1.82) is 0 Å². The van der Waals surface area contributed by atoms with E-state index in [1.807, 2.05) is 0 Å². The van der Waals surface area contributed by atoms with Gasteiger partial charge in [-0.25, -0.2) is 4.99 Å². The van der Waals surface area contributed by atoms with Crippen LogP contribution in [0.15, 0.2) is 16.4 Å². The van der Waals surface area contributed by atoms with Gasteiger partial charge in [-0.3, -0.25) is 0 Å². The molecule has 1 atom stereocenters. The number of thiophene rings is 1. The van der Waals surface area contributed by atoms with E-state index in [9.17, 15) is 0 Å². The Kier molecular flexibility index (Phi) is 6.37. The molecule has 0 saturated carbocycles. The van der Waals surface area contributed by atoms with Gasteiger partial charge in [0.25, 0.3) is 0 Å². The van der Waals surface area contributed by atoms with Gasteiger partial charge in [0.15, 0.2) is 5.96 Å². The number of ether oxygens (including phenoxy) is 1. The summed E-state index contributed by atoms with van der Waals surface area (Å²) in [4.78, 5) is 7.84. The van der Waals surface area contributed by atoms with Crippen molar-refractivity contribution in [2.24, 2.45) is 10.7 Å². The topological polar surface area (TPSA) is 50.8 Å². The molecule has 1 saturated heterocycles. The number of rotatable bonds is 2. The van der Waals surface area contributed by atoms with E-state index in [1.165, 1.54) is 10.4 Å². The molecule has 0 amide bonds. The summed E-state index contributed by atoms with van der Waals surface area (Å²) in [6, 6.07) is 2.11. The largest absolute Gasteiger partial charge is 0.375 e. The molecule has 0 radical (unpaired) electrons. The number of hydrogen-bond acceptors (Lipinski definition) is 3. The minimum atomic E-state index is 0. The first-order chi connectivity index (χ1) is 8.16. The zero-order chi connectivity index (χ0) is 12.3. The highest BCUT2D eigenvalue weighted by Gasteiger charge is 2.17. The fourth-order valence-electron chi connectivity index (χ4n) is 1.85. The van der Waals surface area contributed by atoms with Gasteiger partial charge in [-0.05, 0) is 30.9 Å². The van der Waals surface area contributed by atoms with Gasteiger partial charge in [-0.2, -0.15) is 0 Å². The first-order valence-electron chi connectivity index (χ1n) is 5.86. The molecule has 0 bridgehead atoms. The van der Waals surface area contributed by atoms with E-state index < -0.39 is 0 Å². The van der Waals surface area contributed by atoms with E-state index >= 15 is 0 Å². The molecule has 0 aliphatic carbocycles. The molecule has 2 rings (SSSR count). The standard InChI is InChI=1S/C12H19N3OS.HI/c1-9-3-6-17-11(9)7-14-12(13)15-4-5-16-10(2)8-15;/h3,6,10H,4-5,7-8H2,1-2H3,(H2,13,14);1H. The fraction of sp³-hybridized carbons (Fsp3) is 0.583. The average molecular weight is 381 g/mol. The summed E-state index contributed by atoms with van der Waals surface area (Å²) in [5, 5.41) is 2.09. The summed E-state index contributed by atoms with van der Waals surface area (Å²) in [6.45, 7) is 7.25. The Labute approximate surface area is 129 Å². The van der Waals surface area contributed by atoms with Crippen LogP contribution in [0.25, 0.3) is 0 Å². The van der Waals surface area contributed by atoms with Gasteiger partial charge in [-0.1, -0.05) is 0 Å². The van der Waals surface area contributed by atoms with Gasteiger partial charge in [0.1, 0.15) is 0 Å². The lowest BCUT2D eigenvalue weighted by atomic mass is 10.3. The van der Waals surface area contributed by atoms with Crippen molar-refractivity contribution < 1.29 is 4.74 Å². The third-order valence-corrected chi connectivity index (χ3v) is 3.93. The Bertz CT molecular complexity index is 408. The summed E-state index contributed by atoms with van der Waals surface area (Å²) in [5.41, 5.74) is 7.30. The first kappa shape index (κ1) is 15.7. The lowest BCUT2D eigenvalue weighted by Crippen LogP contribution is -2.47. The number of guanidine groups is 1. The number of aryl methyl sites for hydroxylation is 1. The Hall–Kier alpha value is -0.340. The molecule has 0 aromatic carbocycles. The van der Waals surface area contributed by atoms with E-state index in [0.29, 0.717) is 12.5 Å². The summed E-state index contributed by atoms with van der Waals surface area (Å²) in [6.07, 6.45) is 0.237. The van der Waals surface area contributed by atoms with Gasteiger partial charge < -0.3 is 15.4 Å². The van der Waals surface area contributed by atoms with Crippen LogP contribution in [0.4, 0.5) is 0 Å². The molecule has 1 aliphatic heterocycles. The molecule has 1 aromatic heterocycles. The minimum absolute atomic E-state index is 0. The van der Waals surface area contributed by atoms with Crippen LogP contribution in [0.5, 0.6) is 0 Å². The molecule has 102 valence electrons. The molecule has 1 aromatic rings. The second kappa shape index (κ2) is 7.30. The number of hydrogen-bond donors (Lipinski definition) is 1. The summed E-state index contributed by atoms with van der Waals surface area (Å²) in [7, 11) is 0. The molecular weight excluding hydrogens is 361 g/mol. The predicted molar refractivity (Wildman–Crippen MR) is 86.8 cm³/mol. The number of aliphatic imine (C=N–C) groups is 1. The van der Waals surface area contributed by atoms with Crippen molar-refractivity contribution in [3.63, 3.8) is 0 Å². The predicted octanol–water partition coefficient (Wildman–Crippen LogP) is 2.21. The molecule has 1 aliphatic rings. The smallest absolute Gasteiger partial charge is 0.191 e. The van der Waals surface area contributed by atoms with E-state index in [0.717, 1.165) is 19.7 Å². The monoisotopic (exact) mass is 381 g/mol. The Morgan fingerprint density at radius 1 is 1.67 bits per heavy atom. The van der Waals surface area contributed by atoms with E-state index in [4.69, 9.17) is 10.5 Å². The average Bonchev–Trinajstić information content (AvgIpc) is 2.72. The van der Waals surface area contributed by atoms with Crippen molar-refractivity contribution in [2.45, 2.75) is 26.5 Å². The Balaban J connectivity index is 0.00000162. The van der Waals surface area contributed by atoms with Gasteiger partial charge in [-0.15, -0.1) is 35.3 Å². The lowest BCUT2D eigenvalue weighted by molar-refractivity contribution is 0.00529. The van der Waals surface area contributed by atoms with Crippen LogP contribution in [-0.4, -0.2) is 36.7 Å². The molecule has 2 N–H and O–H groups in total. The molecule has 6 heteroatoms. The zero-order valence-corrected chi connectivity index (χ0v) is 13.9.